The standard InChI is InChI=1S/C11H10O/c1-3-11(12,4-2)10-8-6-5-7-9-10/h1,4-9,12H,2H2. The highest BCUT2D eigenvalue weighted by Gasteiger charge is 2.20. The second-order valence-corrected chi connectivity index (χ2v) is 2.48. The zero-order valence-corrected chi connectivity index (χ0v) is 6.70. The molecule has 0 radical (unpaired) electrons. The van der Waals surface area contributed by atoms with E-state index >= 15 is 0 Å². The van der Waals surface area contributed by atoms with Gasteiger partial charge in [-0.3, -0.25) is 0 Å². The molecule has 0 amide bonds. The molecular formula is C11H10O. The molecule has 1 unspecified atom stereocenters. The molecule has 60 valence electrons. The van der Waals surface area contributed by atoms with Gasteiger partial charge < -0.3 is 5.11 Å². The first kappa shape index (κ1) is 8.58. The minimum atomic E-state index is -1.33. The summed E-state index contributed by atoms with van der Waals surface area (Å²) in [5.41, 5.74) is -0.663. The highest BCUT2D eigenvalue weighted by molar-refractivity contribution is 5.34. The van der Waals surface area contributed by atoms with Crippen LogP contribution in [0.15, 0.2) is 43.0 Å². The van der Waals surface area contributed by atoms with Crippen LogP contribution in [0.4, 0.5) is 0 Å². The molecule has 0 fully saturated rings. The van der Waals surface area contributed by atoms with Gasteiger partial charge in [-0.2, -0.15) is 0 Å². The SMILES string of the molecule is C#CC(O)(C=C)c1ccccc1. The summed E-state index contributed by atoms with van der Waals surface area (Å²) in [6.45, 7) is 3.49. The topological polar surface area (TPSA) is 20.2 Å². The van der Waals surface area contributed by atoms with Crippen molar-refractivity contribution >= 4 is 0 Å². The predicted molar refractivity (Wildman–Crippen MR) is 49.4 cm³/mol. The van der Waals surface area contributed by atoms with Gasteiger partial charge in [-0.15, -0.1) is 6.42 Å². The van der Waals surface area contributed by atoms with Crippen LogP contribution in [0.3, 0.4) is 0 Å². The number of aliphatic hydroxyl groups is 1. The van der Waals surface area contributed by atoms with Crippen LogP contribution in [0, 0.1) is 12.3 Å². The maximum absolute atomic E-state index is 9.75. The Balaban J connectivity index is 3.14. The third-order valence-electron chi connectivity index (χ3n) is 1.73. The van der Waals surface area contributed by atoms with E-state index in [9.17, 15) is 5.11 Å². The lowest BCUT2D eigenvalue weighted by Gasteiger charge is -2.17. The van der Waals surface area contributed by atoms with Crippen molar-refractivity contribution < 1.29 is 5.11 Å². The molecule has 1 aromatic rings. The maximum atomic E-state index is 9.75. The summed E-state index contributed by atoms with van der Waals surface area (Å²) in [6.07, 6.45) is 6.53. The van der Waals surface area contributed by atoms with Crippen LogP contribution in [0.5, 0.6) is 0 Å². The summed E-state index contributed by atoms with van der Waals surface area (Å²) in [6, 6.07) is 9.04. The van der Waals surface area contributed by atoms with Gasteiger partial charge in [-0.05, 0) is 11.6 Å². The number of benzene rings is 1. The molecule has 1 N–H and O–H groups in total. The van der Waals surface area contributed by atoms with Gasteiger partial charge in [0, 0.05) is 0 Å². The molecule has 0 heterocycles. The van der Waals surface area contributed by atoms with E-state index in [1.54, 1.807) is 12.1 Å². The van der Waals surface area contributed by atoms with Crippen LogP contribution < -0.4 is 0 Å². The zero-order chi connectivity index (χ0) is 9.03. The number of rotatable bonds is 2. The van der Waals surface area contributed by atoms with Gasteiger partial charge >= 0.3 is 0 Å². The Bertz CT molecular complexity index is 308. The van der Waals surface area contributed by atoms with Gasteiger partial charge in [0.2, 0.25) is 0 Å². The van der Waals surface area contributed by atoms with Gasteiger partial charge in [-0.25, -0.2) is 0 Å². The van der Waals surface area contributed by atoms with Crippen molar-refractivity contribution in [2.45, 2.75) is 5.60 Å². The fourth-order valence-electron chi connectivity index (χ4n) is 0.952. The van der Waals surface area contributed by atoms with E-state index in [0.717, 1.165) is 0 Å². The Morgan fingerprint density at radius 2 is 2.00 bits per heavy atom. The third kappa shape index (κ3) is 1.39. The summed E-state index contributed by atoms with van der Waals surface area (Å²) in [4.78, 5) is 0. The fourth-order valence-corrected chi connectivity index (χ4v) is 0.952. The average Bonchev–Trinajstić information content (AvgIpc) is 2.18. The monoisotopic (exact) mass is 158 g/mol. The molecule has 0 saturated heterocycles. The van der Waals surface area contributed by atoms with E-state index in [0.29, 0.717) is 5.56 Å². The first-order valence-electron chi connectivity index (χ1n) is 3.62. The molecule has 1 atom stereocenters. The second kappa shape index (κ2) is 3.25. The lowest BCUT2D eigenvalue weighted by Crippen LogP contribution is -2.19. The molecule has 12 heavy (non-hydrogen) atoms. The smallest absolute Gasteiger partial charge is 0.169 e. The van der Waals surface area contributed by atoms with E-state index in [-0.39, 0.29) is 0 Å². The van der Waals surface area contributed by atoms with Gasteiger partial charge in [0.05, 0.1) is 0 Å². The lowest BCUT2D eigenvalue weighted by molar-refractivity contribution is 0.154. The molecule has 0 bridgehead atoms. The van der Waals surface area contributed by atoms with Gasteiger partial charge in [0.25, 0.3) is 0 Å². The van der Waals surface area contributed by atoms with E-state index in [1.807, 2.05) is 18.2 Å². The molecule has 1 rings (SSSR count). The Morgan fingerprint density at radius 3 is 2.42 bits per heavy atom. The molecule has 0 saturated carbocycles. The Labute approximate surface area is 72.4 Å². The molecule has 0 aliphatic carbocycles. The quantitative estimate of drug-likeness (QED) is 0.513. The van der Waals surface area contributed by atoms with Gasteiger partial charge in [0.1, 0.15) is 0 Å². The van der Waals surface area contributed by atoms with Crippen LogP contribution in [0.25, 0.3) is 0 Å². The molecule has 0 aliphatic rings. The minimum Gasteiger partial charge on any atom is -0.370 e. The van der Waals surface area contributed by atoms with Crippen molar-refractivity contribution in [3.8, 4) is 12.3 Å². The van der Waals surface area contributed by atoms with E-state index < -0.39 is 5.60 Å². The minimum absolute atomic E-state index is 0.669. The Kier molecular flexibility index (Phi) is 2.32. The highest BCUT2D eigenvalue weighted by Crippen LogP contribution is 2.20. The zero-order valence-electron chi connectivity index (χ0n) is 6.70. The summed E-state index contributed by atoms with van der Waals surface area (Å²) in [5.74, 6) is 2.28. The predicted octanol–water partition coefficient (Wildman–Crippen LogP) is 1.69. The van der Waals surface area contributed by atoms with Crippen molar-refractivity contribution in [1.29, 1.82) is 0 Å². The van der Waals surface area contributed by atoms with Crippen molar-refractivity contribution in [3.63, 3.8) is 0 Å². The third-order valence-corrected chi connectivity index (χ3v) is 1.73. The van der Waals surface area contributed by atoms with Crippen molar-refractivity contribution in [2.24, 2.45) is 0 Å². The molecule has 1 heteroatoms. The Hall–Kier alpha value is -1.52. The van der Waals surface area contributed by atoms with Crippen molar-refractivity contribution in [1.82, 2.24) is 0 Å². The lowest BCUT2D eigenvalue weighted by atomic mass is 9.95. The highest BCUT2D eigenvalue weighted by atomic mass is 16.3. The maximum Gasteiger partial charge on any atom is 0.169 e. The van der Waals surface area contributed by atoms with Crippen LogP contribution in [0.2, 0.25) is 0 Å². The molecule has 1 aromatic carbocycles. The molecule has 0 spiro atoms. The van der Waals surface area contributed by atoms with Crippen LogP contribution in [-0.2, 0) is 5.60 Å². The summed E-state index contributed by atoms with van der Waals surface area (Å²) >= 11 is 0. The van der Waals surface area contributed by atoms with Crippen LogP contribution in [0.1, 0.15) is 5.56 Å². The number of terminal acetylenes is 1. The van der Waals surface area contributed by atoms with Crippen LogP contribution in [-0.4, -0.2) is 5.11 Å². The van der Waals surface area contributed by atoms with Gasteiger partial charge in [-0.1, -0.05) is 42.8 Å². The number of hydrogen-bond acceptors (Lipinski definition) is 1. The molecular weight excluding hydrogens is 148 g/mol. The van der Waals surface area contributed by atoms with Crippen molar-refractivity contribution in [3.05, 3.63) is 48.6 Å². The van der Waals surface area contributed by atoms with E-state index in [2.05, 4.69) is 12.5 Å². The summed E-state index contributed by atoms with van der Waals surface area (Å²) in [7, 11) is 0. The largest absolute Gasteiger partial charge is 0.370 e. The number of hydrogen-bond donors (Lipinski definition) is 1. The average molecular weight is 158 g/mol. The second-order valence-electron chi connectivity index (χ2n) is 2.48. The first-order chi connectivity index (χ1) is 5.73. The van der Waals surface area contributed by atoms with E-state index in [4.69, 9.17) is 6.42 Å². The molecule has 0 aliphatic heterocycles. The summed E-state index contributed by atoms with van der Waals surface area (Å²) in [5, 5.41) is 9.75. The summed E-state index contributed by atoms with van der Waals surface area (Å²) < 4.78 is 0. The Morgan fingerprint density at radius 1 is 1.42 bits per heavy atom. The van der Waals surface area contributed by atoms with Crippen molar-refractivity contribution in [2.75, 3.05) is 0 Å². The fraction of sp³-hybridized carbons (Fsp3) is 0.0909. The normalized spacial score (nSPS) is 14.3. The molecule has 0 aromatic heterocycles. The molecule has 1 nitrogen and oxygen atoms in total. The van der Waals surface area contributed by atoms with Crippen LogP contribution >= 0.6 is 0 Å². The van der Waals surface area contributed by atoms with Gasteiger partial charge in [0.15, 0.2) is 5.60 Å². The van der Waals surface area contributed by atoms with E-state index in [1.165, 1.54) is 6.08 Å². The first-order valence-corrected chi connectivity index (χ1v) is 3.62.